The average Bonchev–Trinajstić information content (AvgIpc) is 2.71. The molecule has 1 aliphatic rings. The number of sulfonamides is 1. The Morgan fingerprint density at radius 3 is 2.59 bits per heavy atom. The van der Waals surface area contributed by atoms with Crippen LogP contribution >= 0.6 is 11.8 Å². The van der Waals surface area contributed by atoms with Gasteiger partial charge in [0, 0.05) is 18.0 Å². The number of halogens is 1. The van der Waals surface area contributed by atoms with Crippen molar-refractivity contribution in [3.8, 4) is 0 Å². The van der Waals surface area contributed by atoms with Gasteiger partial charge in [-0.2, -0.15) is 0 Å². The highest BCUT2D eigenvalue weighted by molar-refractivity contribution is 7.98. The summed E-state index contributed by atoms with van der Waals surface area (Å²) in [5.74, 6) is -0.449. The van der Waals surface area contributed by atoms with E-state index in [1.54, 1.807) is 17.0 Å². The second-order valence-corrected chi connectivity index (χ2v) is 10.00. The Kier molecular flexibility index (Phi) is 6.85. The number of anilines is 1. The topological polar surface area (TPSA) is 57.7 Å². The van der Waals surface area contributed by atoms with Crippen molar-refractivity contribution in [2.75, 3.05) is 30.2 Å². The lowest BCUT2D eigenvalue weighted by molar-refractivity contribution is -0.131. The lowest BCUT2D eigenvalue weighted by Gasteiger charge is -2.33. The molecule has 0 aliphatic carbocycles. The molecule has 29 heavy (non-hydrogen) atoms. The number of thioether (sulfide) groups is 1. The van der Waals surface area contributed by atoms with Crippen LogP contribution in [0.2, 0.25) is 0 Å². The Morgan fingerprint density at radius 2 is 1.97 bits per heavy atom. The van der Waals surface area contributed by atoms with E-state index in [1.165, 1.54) is 42.1 Å². The van der Waals surface area contributed by atoms with Gasteiger partial charge in [0.15, 0.2) is 0 Å². The number of nitrogens with zero attached hydrogens (tertiary/aromatic N) is 2. The molecule has 0 aromatic heterocycles. The van der Waals surface area contributed by atoms with E-state index in [2.05, 4.69) is 6.92 Å². The first-order chi connectivity index (χ1) is 13.8. The summed E-state index contributed by atoms with van der Waals surface area (Å²) in [6.07, 6.45) is 3.86. The molecule has 2 aromatic carbocycles. The smallest absolute Gasteiger partial charge is 0.264 e. The van der Waals surface area contributed by atoms with Gasteiger partial charge in [-0.1, -0.05) is 13.0 Å². The molecule has 1 aliphatic heterocycles. The zero-order valence-electron chi connectivity index (χ0n) is 16.5. The SMILES string of the molecule is CSc1ccc(S(=O)(=O)N(CC(=O)N2CCCC(C)C2)c2cccc(F)c2)cc1. The first kappa shape index (κ1) is 21.6. The van der Waals surface area contributed by atoms with Gasteiger partial charge < -0.3 is 4.90 Å². The molecule has 0 radical (unpaired) electrons. The number of hydrogen-bond acceptors (Lipinski definition) is 4. The minimum Gasteiger partial charge on any atom is -0.341 e. The van der Waals surface area contributed by atoms with E-state index < -0.39 is 15.8 Å². The maximum absolute atomic E-state index is 13.8. The number of hydrogen-bond donors (Lipinski definition) is 0. The van der Waals surface area contributed by atoms with E-state index in [9.17, 15) is 17.6 Å². The summed E-state index contributed by atoms with van der Waals surface area (Å²) in [6.45, 7) is 2.94. The van der Waals surface area contributed by atoms with Crippen LogP contribution in [0.3, 0.4) is 0 Å². The molecule has 1 heterocycles. The summed E-state index contributed by atoms with van der Waals surface area (Å²) in [7, 11) is -4.03. The molecular weight excluding hydrogens is 411 g/mol. The van der Waals surface area contributed by atoms with E-state index in [0.29, 0.717) is 19.0 Å². The quantitative estimate of drug-likeness (QED) is 0.643. The summed E-state index contributed by atoms with van der Waals surface area (Å²) in [5, 5.41) is 0. The molecule has 2 aromatic rings. The Balaban J connectivity index is 1.95. The van der Waals surface area contributed by atoms with E-state index in [1.807, 2.05) is 6.26 Å². The lowest BCUT2D eigenvalue weighted by Crippen LogP contribution is -2.46. The fraction of sp³-hybridized carbons (Fsp3) is 0.381. The van der Waals surface area contributed by atoms with Crippen LogP contribution in [-0.2, 0) is 14.8 Å². The molecule has 1 amide bonds. The highest BCUT2D eigenvalue weighted by atomic mass is 32.2. The summed E-state index contributed by atoms with van der Waals surface area (Å²) in [5.41, 5.74) is 0.136. The highest BCUT2D eigenvalue weighted by Gasteiger charge is 2.30. The standard InChI is InChI=1S/C21H25FN2O3S2/c1-16-5-4-12-23(14-16)21(25)15-24(18-7-3-6-17(22)13-18)29(26,27)20-10-8-19(28-2)9-11-20/h3,6-11,13,16H,4-5,12,14-15H2,1-2H3. The fourth-order valence-electron chi connectivity index (χ4n) is 3.46. The molecule has 0 spiro atoms. The van der Waals surface area contributed by atoms with E-state index in [4.69, 9.17) is 0 Å². The first-order valence-electron chi connectivity index (χ1n) is 9.51. The zero-order valence-corrected chi connectivity index (χ0v) is 18.2. The maximum Gasteiger partial charge on any atom is 0.264 e. The zero-order chi connectivity index (χ0) is 21.0. The van der Waals surface area contributed by atoms with Gasteiger partial charge in [0.2, 0.25) is 5.91 Å². The molecule has 1 fully saturated rings. The van der Waals surface area contributed by atoms with Crippen molar-refractivity contribution in [2.24, 2.45) is 5.92 Å². The molecule has 156 valence electrons. The molecule has 1 unspecified atom stereocenters. The number of carbonyl (C=O) groups is 1. The Hall–Kier alpha value is -2.06. The molecular formula is C21H25FN2O3S2. The van der Waals surface area contributed by atoms with Crippen molar-refractivity contribution in [1.82, 2.24) is 4.90 Å². The van der Waals surface area contributed by atoms with Gasteiger partial charge in [-0.25, -0.2) is 12.8 Å². The number of likely N-dealkylation sites (tertiary alicyclic amines) is 1. The van der Waals surface area contributed by atoms with E-state index >= 15 is 0 Å². The van der Waals surface area contributed by atoms with Gasteiger partial charge in [0.25, 0.3) is 10.0 Å². The normalized spacial score (nSPS) is 17.2. The maximum atomic E-state index is 13.8. The van der Waals surface area contributed by atoms with Crippen LogP contribution in [-0.4, -0.2) is 45.1 Å². The van der Waals surface area contributed by atoms with Gasteiger partial charge in [0.1, 0.15) is 12.4 Å². The molecule has 0 bridgehead atoms. The van der Waals surface area contributed by atoms with Crippen molar-refractivity contribution in [2.45, 2.75) is 29.6 Å². The summed E-state index contributed by atoms with van der Waals surface area (Å²) in [6, 6.07) is 11.8. The van der Waals surface area contributed by atoms with E-state index in [-0.39, 0.29) is 23.0 Å². The van der Waals surface area contributed by atoms with Crippen LogP contribution in [0.15, 0.2) is 58.3 Å². The van der Waals surface area contributed by atoms with Crippen molar-refractivity contribution < 1.29 is 17.6 Å². The number of benzene rings is 2. The first-order valence-corrected chi connectivity index (χ1v) is 12.2. The van der Waals surface area contributed by atoms with Gasteiger partial charge in [-0.05, 0) is 67.5 Å². The Morgan fingerprint density at radius 1 is 1.24 bits per heavy atom. The van der Waals surface area contributed by atoms with Crippen molar-refractivity contribution in [3.05, 3.63) is 54.3 Å². The Bertz CT molecular complexity index is 964. The molecule has 3 rings (SSSR count). The molecule has 8 heteroatoms. The van der Waals surface area contributed by atoms with Gasteiger partial charge in [0.05, 0.1) is 10.6 Å². The highest BCUT2D eigenvalue weighted by Crippen LogP contribution is 2.26. The average molecular weight is 437 g/mol. The van der Waals surface area contributed by atoms with Gasteiger partial charge in [-0.15, -0.1) is 11.8 Å². The second-order valence-electron chi connectivity index (χ2n) is 7.25. The monoisotopic (exact) mass is 436 g/mol. The van der Waals surface area contributed by atoms with Crippen LogP contribution in [0.1, 0.15) is 19.8 Å². The van der Waals surface area contributed by atoms with Crippen LogP contribution in [0.4, 0.5) is 10.1 Å². The molecule has 1 saturated heterocycles. The number of rotatable bonds is 6. The molecule has 0 N–H and O–H groups in total. The third-order valence-corrected chi connectivity index (χ3v) is 7.56. The predicted molar refractivity (Wildman–Crippen MR) is 114 cm³/mol. The molecule has 1 atom stereocenters. The van der Waals surface area contributed by atoms with Crippen LogP contribution in [0.5, 0.6) is 0 Å². The largest absolute Gasteiger partial charge is 0.341 e. The molecule has 5 nitrogen and oxygen atoms in total. The minimum absolute atomic E-state index is 0.0689. The Labute approximate surface area is 175 Å². The fourth-order valence-corrected chi connectivity index (χ4v) is 5.27. The van der Waals surface area contributed by atoms with Crippen molar-refractivity contribution in [1.29, 1.82) is 0 Å². The van der Waals surface area contributed by atoms with E-state index in [0.717, 1.165) is 28.1 Å². The third-order valence-electron chi connectivity index (χ3n) is 5.03. The summed E-state index contributed by atoms with van der Waals surface area (Å²) in [4.78, 5) is 15.6. The van der Waals surface area contributed by atoms with Crippen LogP contribution in [0, 0.1) is 11.7 Å². The number of piperidine rings is 1. The second kappa shape index (κ2) is 9.17. The number of amides is 1. The van der Waals surface area contributed by atoms with Crippen LogP contribution in [0.25, 0.3) is 0 Å². The number of carbonyl (C=O) groups excluding carboxylic acids is 1. The summed E-state index contributed by atoms with van der Waals surface area (Å²) >= 11 is 1.51. The third kappa shape index (κ3) is 5.11. The summed E-state index contributed by atoms with van der Waals surface area (Å²) < 4.78 is 41.6. The van der Waals surface area contributed by atoms with Gasteiger partial charge in [-0.3, -0.25) is 9.10 Å². The predicted octanol–water partition coefficient (Wildman–Crippen LogP) is 4.00. The van der Waals surface area contributed by atoms with Crippen molar-refractivity contribution >= 4 is 33.4 Å². The minimum atomic E-state index is -4.03. The lowest BCUT2D eigenvalue weighted by atomic mass is 10.0. The molecule has 0 saturated carbocycles. The van der Waals surface area contributed by atoms with Crippen LogP contribution < -0.4 is 4.31 Å². The van der Waals surface area contributed by atoms with Crippen molar-refractivity contribution in [3.63, 3.8) is 0 Å². The van der Waals surface area contributed by atoms with Gasteiger partial charge >= 0.3 is 0 Å².